The lowest BCUT2D eigenvalue weighted by Gasteiger charge is -2.10. The molecule has 0 saturated carbocycles. The third-order valence-corrected chi connectivity index (χ3v) is 2.61. The van der Waals surface area contributed by atoms with Crippen molar-refractivity contribution in [1.82, 2.24) is 5.32 Å². The molecule has 19 heavy (non-hydrogen) atoms. The molecule has 1 rings (SSSR count). The van der Waals surface area contributed by atoms with E-state index in [1.807, 2.05) is 18.2 Å². The largest absolute Gasteiger partial charge is 0.383 e. The highest BCUT2D eigenvalue weighted by Crippen LogP contribution is 2.18. The molecule has 0 aliphatic carbocycles. The van der Waals surface area contributed by atoms with Crippen molar-refractivity contribution in [2.75, 3.05) is 32.1 Å². The van der Waals surface area contributed by atoms with E-state index < -0.39 is 0 Å². The van der Waals surface area contributed by atoms with E-state index >= 15 is 0 Å². The summed E-state index contributed by atoms with van der Waals surface area (Å²) in [5.74, 6) is 0.425. The second-order valence-corrected chi connectivity index (χ2v) is 4.50. The van der Waals surface area contributed by atoms with E-state index in [4.69, 9.17) is 4.74 Å². The molecule has 0 radical (unpaired) electrons. The second-order valence-electron chi connectivity index (χ2n) is 4.50. The van der Waals surface area contributed by atoms with Crippen LogP contribution in [0.15, 0.2) is 24.3 Å². The van der Waals surface area contributed by atoms with Crippen molar-refractivity contribution in [3.8, 4) is 0 Å². The van der Waals surface area contributed by atoms with Crippen LogP contribution in [-0.2, 0) is 9.53 Å². The van der Waals surface area contributed by atoms with E-state index in [9.17, 15) is 4.79 Å². The highest BCUT2D eigenvalue weighted by atomic mass is 35.5. The van der Waals surface area contributed by atoms with Crippen molar-refractivity contribution in [2.24, 2.45) is 0 Å². The van der Waals surface area contributed by atoms with Gasteiger partial charge in [-0.05, 0) is 23.6 Å². The summed E-state index contributed by atoms with van der Waals surface area (Å²) in [5, 5.41) is 5.88. The maximum absolute atomic E-state index is 11.6. The third kappa shape index (κ3) is 7.15. The Morgan fingerprint density at radius 3 is 2.74 bits per heavy atom. The average molecular weight is 287 g/mol. The van der Waals surface area contributed by atoms with Crippen LogP contribution in [-0.4, -0.2) is 32.7 Å². The number of ether oxygens (including phenoxy) is 1. The van der Waals surface area contributed by atoms with Crippen LogP contribution >= 0.6 is 12.4 Å². The predicted molar refractivity (Wildman–Crippen MR) is 81.2 cm³/mol. The summed E-state index contributed by atoms with van der Waals surface area (Å²) in [6.45, 7) is 5.85. The Kier molecular flexibility index (Phi) is 9.21. The summed E-state index contributed by atoms with van der Waals surface area (Å²) in [6, 6.07) is 7.94. The molecule has 0 heterocycles. The van der Waals surface area contributed by atoms with E-state index in [0.29, 0.717) is 25.6 Å². The molecule has 2 N–H and O–H groups in total. The number of hydrogen-bond donors (Lipinski definition) is 2. The van der Waals surface area contributed by atoms with Gasteiger partial charge < -0.3 is 15.4 Å². The molecule has 1 aromatic carbocycles. The Labute approximate surface area is 121 Å². The van der Waals surface area contributed by atoms with E-state index in [2.05, 4.69) is 30.5 Å². The Balaban J connectivity index is 0.00000324. The standard InChI is InChI=1S/C14H22N2O2.ClH/c1-11(2)12-5-4-6-13(9-12)16-14(17)10-15-7-8-18-3;/h4-6,9,11,15H,7-8,10H2,1-3H3,(H,16,17);1H. The first-order valence-corrected chi connectivity index (χ1v) is 6.23. The molecule has 0 saturated heterocycles. The van der Waals surface area contributed by atoms with Crippen LogP contribution in [0.25, 0.3) is 0 Å². The van der Waals surface area contributed by atoms with E-state index in [1.54, 1.807) is 7.11 Å². The Hall–Kier alpha value is -1.10. The number of benzene rings is 1. The summed E-state index contributed by atoms with van der Waals surface area (Å²) in [4.78, 5) is 11.6. The van der Waals surface area contributed by atoms with Crippen LogP contribution < -0.4 is 10.6 Å². The Morgan fingerprint density at radius 1 is 1.37 bits per heavy atom. The maximum atomic E-state index is 11.6. The minimum absolute atomic E-state index is 0. The van der Waals surface area contributed by atoms with Gasteiger partial charge in [-0.1, -0.05) is 26.0 Å². The molecular formula is C14H23ClN2O2. The normalized spacial score (nSPS) is 10.1. The van der Waals surface area contributed by atoms with Gasteiger partial charge in [-0.3, -0.25) is 4.79 Å². The Morgan fingerprint density at radius 2 is 2.11 bits per heavy atom. The van der Waals surface area contributed by atoms with Crippen molar-refractivity contribution in [3.05, 3.63) is 29.8 Å². The van der Waals surface area contributed by atoms with Crippen LogP contribution in [0.5, 0.6) is 0 Å². The van der Waals surface area contributed by atoms with Gasteiger partial charge in [0, 0.05) is 19.3 Å². The van der Waals surface area contributed by atoms with Gasteiger partial charge >= 0.3 is 0 Å². The summed E-state index contributed by atoms with van der Waals surface area (Å²) in [6.07, 6.45) is 0. The van der Waals surface area contributed by atoms with Gasteiger partial charge in [-0.15, -0.1) is 12.4 Å². The Bertz CT molecular complexity index is 383. The fraction of sp³-hybridized carbons (Fsp3) is 0.500. The molecular weight excluding hydrogens is 264 g/mol. The molecule has 0 bridgehead atoms. The van der Waals surface area contributed by atoms with Gasteiger partial charge in [0.1, 0.15) is 0 Å². The average Bonchev–Trinajstić information content (AvgIpc) is 2.35. The second kappa shape index (κ2) is 9.78. The van der Waals surface area contributed by atoms with Crippen molar-refractivity contribution in [3.63, 3.8) is 0 Å². The van der Waals surface area contributed by atoms with E-state index in [1.165, 1.54) is 5.56 Å². The van der Waals surface area contributed by atoms with Crippen molar-refractivity contribution in [1.29, 1.82) is 0 Å². The smallest absolute Gasteiger partial charge is 0.238 e. The number of carbonyl (C=O) groups is 1. The van der Waals surface area contributed by atoms with Crippen molar-refractivity contribution < 1.29 is 9.53 Å². The molecule has 1 aromatic rings. The first-order chi connectivity index (χ1) is 8.63. The number of rotatable bonds is 7. The lowest BCUT2D eigenvalue weighted by atomic mass is 10.0. The first kappa shape index (κ1) is 17.9. The number of nitrogens with one attached hydrogen (secondary N) is 2. The fourth-order valence-electron chi connectivity index (χ4n) is 1.56. The summed E-state index contributed by atoms with van der Waals surface area (Å²) >= 11 is 0. The predicted octanol–water partition coefficient (Wildman–Crippen LogP) is 2.41. The van der Waals surface area contributed by atoms with Gasteiger partial charge in [-0.2, -0.15) is 0 Å². The van der Waals surface area contributed by atoms with Crippen LogP contribution in [0.2, 0.25) is 0 Å². The minimum Gasteiger partial charge on any atom is -0.383 e. The summed E-state index contributed by atoms with van der Waals surface area (Å²) < 4.78 is 4.89. The quantitative estimate of drug-likeness (QED) is 0.757. The number of methoxy groups -OCH3 is 1. The molecule has 0 aliphatic rings. The van der Waals surface area contributed by atoms with Gasteiger partial charge in [0.15, 0.2) is 0 Å². The lowest BCUT2D eigenvalue weighted by Crippen LogP contribution is -2.30. The van der Waals surface area contributed by atoms with E-state index in [-0.39, 0.29) is 18.3 Å². The molecule has 5 heteroatoms. The van der Waals surface area contributed by atoms with Crippen LogP contribution in [0.1, 0.15) is 25.3 Å². The molecule has 0 unspecified atom stereocenters. The fourth-order valence-corrected chi connectivity index (χ4v) is 1.56. The maximum Gasteiger partial charge on any atom is 0.238 e. The SMILES string of the molecule is COCCNCC(=O)Nc1cccc(C(C)C)c1.Cl. The van der Waals surface area contributed by atoms with Crippen molar-refractivity contribution >= 4 is 24.0 Å². The van der Waals surface area contributed by atoms with Gasteiger partial charge in [0.25, 0.3) is 0 Å². The molecule has 0 fully saturated rings. The van der Waals surface area contributed by atoms with Crippen LogP contribution in [0.3, 0.4) is 0 Å². The number of hydrogen-bond acceptors (Lipinski definition) is 3. The number of anilines is 1. The van der Waals surface area contributed by atoms with Crippen LogP contribution in [0, 0.1) is 0 Å². The molecule has 4 nitrogen and oxygen atoms in total. The highest BCUT2D eigenvalue weighted by Gasteiger charge is 2.04. The van der Waals surface area contributed by atoms with Crippen molar-refractivity contribution in [2.45, 2.75) is 19.8 Å². The first-order valence-electron chi connectivity index (χ1n) is 6.23. The van der Waals surface area contributed by atoms with Gasteiger partial charge in [0.05, 0.1) is 13.2 Å². The number of amides is 1. The molecule has 0 aliphatic heterocycles. The van der Waals surface area contributed by atoms with E-state index in [0.717, 1.165) is 5.69 Å². The number of carbonyl (C=O) groups excluding carboxylic acids is 1. The topological polar surface area (TPSA) is 50.4 Å². The summed E-state index contributed by atoms with van der Waals surface area (Å²) in [7, 11) is 1.64. The molecule has 108 valence electrons. The number of halogens is 1. The molecule has 0 spiro atoms. The molecule has 0 atom stereocenters. The highest BCUT2D eigenvalue weighted by molar-refractivity contribution is 5.92. The minimum atomic E-state index is -0.0352. The molecule has 0 aromatic heterocycles. The third-order valence-electron chi connectivity index (χ3n) is 2.61. The monoisotopic (exact) mass is 286 g/mol. The lowest BCUT2D eigenvalue weighted by molar-refractivity contribution is -0.115. The zero-order chi connectivity index (χ0) is 13.4. The summed E-state index contributed by atoms with van der Waals surface area (Å²) in [5.41, 5.74) is 2.07. The van der Waals surface area contributed by atoms with Gasteiger partial charge in [0.2, 0.25) is 5.91 Å². The van der Waals surface area contributed by atoms with Crippen LogP contribution in [0.4, 0.5) is 5.69 Å². The molecule has 1 amide bonds. The van der Waals surface area contributed by atoms with Gasteiger partial charge in [-0.25, -0.2) is 0 Å². The zero-order valence-electron chi connectivity index (χ0n) is 11.7. The zero-order valence-corrected chi connectivity index (χ0v) is 12.5.